The van der Waals surface area contributed by atoms with E-state index in [4.69, 9.17) is 4.98 Å². The minimum atomic E-state index is 0.640. The number of anilines is 1. The average Bonchev–Trinajstić information content (AvgIpc) is 2.78. The van der Waals surface area contributed by atoms with Gasteiger partial charge < -0.3 is 10.2 Å². The van der Waals surface area contributed by atoms with E-state index >= 15 is 0 Å². The van der Waals surface area contributed by atoms with Crippen molar-refractivity contribution in [3.63, 3.8) is 0 Å². The highest BCUT2D eigenvalue weighted by Gasteiger charge is 2.21. The number of pyridine rings is 1. The second kappa shape index (κ2) is 6.19. The quantitative estimate of drug-likeness (QED) is 0.811. The maximum absolute atomic E-state index is 4.77. The summed E-state index contributed by atoms with van der Waals surface area (Å²) in [4.78, 5) is 7.20. The van der Waals surface area contributed by atoms with E-state index in [9.17, 15) is 0 Å². The van der Waals surface area contributed by atoms with Crippen molar-refractivity contribution in [1.29, 1.82) is 0 Å². The van der Waals surface area contributed by atoms with Gasteiger partial charge in [0.25, 0.3) is 0 Å². The topological polar surface area (TPSA) is 28.2 Å². The van der Waals surface area contributed by atoms with Crippen molar-refractivity contribution >= 4 is 5.82 Å². The third kappa shape index (κ3) is 3.02. The highest BCUT2D eigenvalue weighted by molar-refractivity contribution is 5.43. The van der Waals surface area contributed by atoms with Crippen molar-refractivity contribution in [2.45, 2.75) is 52.6 Å². The molecule has 0 bridgehead atoms. The molecule has 1 aromatic heterocycles. The lowest BCUT2D eigenvalue weighted by atomic mass is 10.2. The Kier molecular flexibility index (Phi) is 4.59. The fraction of sp³-hybridized carbons (Fsp3) is 0.667. The summed E-state index contributed by atoms with van der Waals surface area (Å²) in [5, 5.41) is 3.44. The number of nitrogens with one attached hydrogen (secondary N) is 1. The van der Waals surface area contributed by atoms with Crippen LogP contribution in [0.5, 0.6) is 0 Å². The maximum atomic E-state index is 4.77. The Balaban J connectivity index is 2.04. The van der Waals surface area contributed by atoms with E-state index in [2.05, 4.69) is 43.1 Å². The van der Waals surface area contributed by atoms with Crippen molar-refractivity contribution in [3.05, 3.63) is 23.4 Å². The minimum Gasteiger partial charge on any atom is -0.354 e. The van der Waals surface area contributed by atoms with Crippen LogP contribution >= 0.6 is 0 Å². The van der Waals surface area contributed by atoms with Crippen LogP contribution in [0.25, 0.3) is 0 Å². The molecule has 100 valence electrons. The van der Waals surface area contributed by atoms with Gasteiger partial charge in [-0.3, -0.25) is 0 Å². The summed E-state index contributed by atoms with van der Waals surface area (Å²) in [5.41, 5.74) is 2.48. The zero-order valence-electron chi connectivity index (χ0n) is 11.9. The number of hydrogen-bond acceptors (Lipinski definition) is 3. The molecule has 3 heteroatoms. The van der Waals surface area contributed by atoms with Crippen LogP contribution in [0.3, 0.4) is 0 Å². The first-order chi connectivity index (χ1) is 8.72. The first-order valence-electron chi connectivity index (χ1n) is 7.16. The van der Waals surface area contributed by atoms with E-state index in [1.165, 1.54) is 24.8 Å². The molecule has 1 fully saturated rings. The van der Waals surface area contributed by atoms with Gasteiger partial charge in [0.15, 0.2) is 0 Å². The molecule has 1 aliphatic heterocycles. The summed E-state index contributed by atoms with van der Waals surface area (Å²) in [5.74, 6) is 1.15. The first-order valence-corrected chi connectivity index (χ1v) is 7.16. The largest absolute Gasteiger partial charge is 0.354 e. The lowest BCUT2D eigenvalue weighted by molar-refractivity contribution is 0.669. The molecule has 1 atom stereocenters. The smallest absolute Gasteiger partial charge is 0.129 e. The van der Waals surface area contributed by atoms with Crippen molar-refractivity contribution in [2.75, 3.05) is 18.0 Å². The van der Waals surface area contributed by atoms with Gasteiger partial charge >= 0.3 is 0 Å². The van der Waals surface area contributed by atoms with Crippen LogP contribution in [-0.4, -0.2) is 24.1 Å². The SMILES string of the molecule is CCCNCc1ccc(N2CCCC2C)nc1C. The Labute approximate surface area is 111 Å². The second-order valence-electron chi connectivity index (χ2n) is 5.28. The lowest BCUT2D eigenvalue weighted by Gasteiger charge is -2.23. The molecule has 0 aromatic carbocycles. The molecule has 1 N–H and O–H groups in total. The van der Waals surface area contributed by atoms with Gasteiger partial charge in [-0.1, -0.05) is 13.0 Å². The molecule has 2 rings (SSSR count). The molecule has 0 spiro atoms. The Hall–Kier alpha value is -1.09. The minimum absolute atomic E-state index is 0.640. The summed E-state index contributed by atoms with van der Waals surface area (Å²) in [7, 11) is 0. The summed E-state index contributed by atoms with van der Waals surface area (Å²) in [6.45, 7) is 9.76. The molecule has 1 aromatic rings. The normalized spacial score (nSPS) is 19.5. The first kappa shape index (κ1) is 13.3. The van der Waals surface area contributed by atoms with Crippen molar-refractivity contribution in [3.8, 4) is 0 Å². The molecule has 0 amide bonds. The summed E-state index contributed by atoms with van der Waals surface area (Å²) < 4.78 is 0. The van der Waals surface area contributed by atoms with E-state index in [1.807, 2.05) is 0 Å². The van der Waals surface area contributed by atoms with Crippen molar-refractivity contribution in [2.24, 2.45) is 0 Å². The highest BCUT2D eigenvalue weighted by atomic mass is 15.2. The standard InChI is InChI=1S/C15H25N3/c1-4-9-16-11-14-7-8-15(17-13(14)3)18-10-5-6-12(18)2/h7-8,12,16H,4-6,9-11H2,1-3H3. The molecule has 0 aliphatic carbocycles. The molecule has 0 radical (unpaired) electrons. The van der Waals surface area contributed by atoms with Crippen molar-refractivity contribution in [1.82, 2.24) is 10.3 Å². The summed E-state index contributed by atoms with van der Waals surface area (Å²) >= 11 is 0. The number of aryl methyl sites for hydroxylation is 1. The van der Waals surface area contributed by atoms with Gasteiger partial charge in [0.2, 0.25) is 0 Å². The second-order valence-corrected chi connectivity index (χ2v) is 5.28. The number of nitrogens with zero attached hydrogens (tertiary/aromatic N) is 2. The molecular formula is C15H25N3. The summed E-state index contributed by atoms with van der Waals surface area (Å²) in [6.07, 6.45) is 3.76. The molecule has 3 nitrogen and oxygen atoms in total. The molecule has 1 unspecified atom stereocenters. The predicted molar refractivity (Wildman–Crippen MR) is 77.0 cm³/mol. The van der Waals surface area contributed by atoms with Crippen molar-refractivity contribution < 1.29 is 0 Å². The van der Waals surface area contributed by atoms with Crippen LogP contribution < -0.4 is 10.2 Å². The van der Waals surface area contributed by atoms with Gasteiger partial charge in [0.05, 0.1) is 0 Å². The molecule has 1 saturated heterocycles. The Morgan fingerprint density at radius 3 is 2.89 bits per heavy atom. The van der Waals surface area contributed by atoms with E-state index in [-0.39, 0.29) is 0 Å². The number of hydrogen-bond donors (Lipinski definition) is 1. The molecule has 1 aliphatic rings. The van der Waals surface area contributed by atoms with Gasteiger partial charge in [-0.25, -0.2) is 4.98 Å². The Morgan fingerprint density at radius 2 is 2.28 bits per heavy atom. The third-order valence-electron chi connectivity index (χ3n) is 3.77. The Morgan fingerprint density at radius 1 is 1.44 bits per heavy atom. The molecule has 18 heavy (non-hydrogen) atoms. The van der Waals surface area contributed by atoms with Crippen LogP contribution in [0.4, 0.5) is 5.82 Å². The molecule has 2 heterocycles. The molecule has 0 saturated carbocycles. The van der Waals surface area contributed by atoms with Gasteiger partial charge in [0.1, 0.15) is 5.82 Å². The van der Waals surface area contributed by atoms with E-state index in [0.717, 1.165) is 31.1 Å². The third-order valence-corrected chi connectivity index (χ3v) is 3.77. The van der Waals surface area contributed by atoms with E-state index in [1.54, 1.807) is 0 Å². The fourth-order valence-corrected chi connectivity index (χ4v) is 2.60. The van der Waals surface area contributed by atoms with Crippen LogP contribution in [-0.2, 0) is 6.54 Å². The zero-order chi connectivity index (χ0) is 13.0. The fourth-order valence-electron chi connectivity index (χ4n) is 2.60. The van der Waals surface area contributed by atoms with Crippen LogP contribution in [0, 0.1) is 6.92 Å². The number of rotatable bonds is 5. The van der Waals surface area contributed by atoms with Gasteiger partial charge in [0, 0.05) is 24.8 Å². The van der Waals surface area contributed by atoms with Gasteiger partial charge in [-0.15, -0.1) is 0 Å². The molecular weight excluding hydrogens is 222 g/mol. The van der Waals surface area contributed by atoms with Crippen LogP contribution in [0.1, 0.15) is 44.4 Å². The Bertz CT molecular complexity index is 389. The monoisotopic (exact) mass is 247 g/mol. The number of aromatic nitrogens is 1. The highest BCUT2D eigenvalue weighted by Crippen LogP contribution is 2.24. The van der Waals surface area contributed by atoms with Gasteiger partial charge in [-0.05, 0) is 51.3 Å². The zero-order valence-corrected chi connectivity index (χ0v) is 11.9. The van der Waals surface area contributed by atoms with Crippen LogP contribution in [0.2, 0.25) is 0 Å². The summed E-state index contributed by atoms with van der Waals surface area (Å²) in [6, 6.07) is 5.05. The van der Waals surface area contributed by atoms with Crippen LogP contribution in [0.15, 0.2) is 12.1 Å². The van der Waals surface area contributed by atoms with E-state index in [0.29, 0.717) is 6.04 Å². The lowest BCUT2D eigenvalue weighted by Crippen LogP contribution is -2.27. The maximum Gasteiger partial charge on any atom is 0.129 e. The average molecular weight is 247 g/mol. The predicted octanol–water partition coefficient (Wildman–Crippen LogP) is 2.88. The van der Waals surface area contributed by atoms with E-state index < -0.39 is 0 Å². The van der Waals surface area contributed by atoms with Gasteiger partial charge in [-0.2, -0.15) is 0 Å².